The van der Waals surface area contributed by atoms with Crippen molar-refractivity contribution in [1.82, 2.24) is 5.32 Å². The lowest BCUT2D eigenvalue weighted by Gasteiger charge is -2.45. The van der Waals surface area contributed by atoms with Gasteiger partial charge in [-0.05, 0) is 38.0 Å². The number of carbonyl (C=O) groups is 3. The maximum absolute atomic E-state index is 13.6. The Kier molecular flexibility index (Phi) is 5.95. The molecule has 5 nitrogen and oxygen atoms in total. The Labute approximate surface area is 167 Å². The zero-order valence-corrected chi connectivity index (χ0v) is 17.4. The molecule has 0 aromatic rings. The smallest absolute Gasteiger partial charge is 0.235 e. The van der Waals surface area contributed by atoms with Crippen LogP contribution in [0.3, 0.4) is 0 Å². The van der Waals surface area contributed by atoms with E-state index in [0.717, 1.165) is 6.42 Å². The van der Waals surface area contributed by atoms with Crippen LogP contribution < -0.4 is 5.32 Å². The highest BCUT2D eigenvalue weighted by Gasteiger charge is 2.64. The Morgan fingerprint density at radius 3 is 2.64 bits per heavy atom. The van der Waals surface area contributed by atoms with Crippen LogP contribution in [-0.4, -0.2) is 34.7 Å². The van der Waals surface area contributed by atoms with Crippen molar-refractivity contribution >= 4 is 17.5 Å². The topological polar surface area (TPSA) is 83.5 Å². The Morgan fingerprint density at radius 1 is 1.25 bits per heavy atom. The number of aliphatic hydroxyl groups is 1. The van der Waals surface area contributed by atoms with Crippen molar-refractivity contribution < 1.29 is 19.5 Å². The molecule has 3 rings (SSSR count). The summed E-state index contributed by atoms with van der Waals surface area (Å²) >= 11 is 0. The van der Waals surface area contributed by atoms with Gasteiger partial charge in [-0.25, -0.2) is 0 Å². The van der Waals surface area contributed by atoms with Crippen LogP contribution in [-0.2, 0) is 14.4 Å². The first kappa shape index (κ1) is 21.0. The fourth-order valence-corrected chi connectivity index (χ4v) is 5.50. The lowest BCUT2D eigenvalue weighted by Crippen LogP contribution is -2.52. The first-order valence-corrected chi connectivity index (χ1v) is 10.6. The van der Waals surface area contributed by atoms with Crippen LogP contribution in [0.4, 0.5) is 0 Å². The summed E-state index contributed by atoms with van der Waals surface area (Å²) in [7, 11) is 0. The monoisotopic (exact) mass is 387 g/mol. The van der Waals surface area contributed by atoms with Gasteiger partial charge in [0.1, 0.15) is 17.3 Å². The Balaban J connectivity index is 2.11. The van der Waals surface area contributed by atoms with Gasteiger partial charge in [-0.2, -0.15) is 0 Å². The zero-order valence-electron chi connectivity index (χ0n) is 17.4. The van der Waals surface area contributed by atoms with E-state index >= 15 is 0 Å². The van der Waals surface area contributed by atoms with Gasteiger partial charge < -0.3 is 10.4 Å². The van der Waals surface area contributed by atoms with Crippen molar-refractivity contribution in [3.63, 3.8) is 0 Å². The number of carbonyl (C=O) groups excluding carboxylic acids is 3. The molecule has 0 unspecified atom stereocenters. The summed E-state index contributed by atoms with van der Waals surface area (Å²) in [6.07, 6.45) is 6.67. The predicted molar refractivity (Wildman–Crippen MR) is 107 cm³/mol. The summed E-state index contributed by atoms with van der Waals surface area (Å²) in [6.45, 7) is 8.45. The molecule has 0 radical (unpaired) electrons. The van der Waals surface area contributed by atoms with E-state index < -0.39 is 11.5 Å². The summed E-state index contributed by atoms with van der Waals surface area (Å²) < 4.78 is 0. The Morgan fingerprint density at radius 2 is 1.96 bits per heavy atom. The van der Waals surface area contributed by atoms with E-state index in [4.69, 9.17) is 0 Å². The van der Waals surface area contributed by atoms with Crippen LogP contribution in [0, 0.1) is 29.1 Å². The van der Waals surface area contributed by atoms with E-state index in [0.29, 0.717) is 18.8 Å². The van der Waals surface area contributed by atoms with Gasteiger partial charge in [0.05, 0.1) is 0 Å². The first-order valence-electron chi connectivity index (χ1n) is 10.6. The minimum absolute atomic E-state index is 0.000391. The van der Waals surface area contributed by atoms with Gasteiger partial charge in [0.25, 0.3) is 0 Å². The summed E-state index contributed by atoms with van der Waals surface area (Å²) in [6, 6.07) is -0.0441. The van der Waals surface area contributed by atoms with E-state index in [2.05, 4.69) is 39.1 Å². The third kappa shape index (κ3) is 3.38. The maximum Gasteiger partial charge on any atom is 0.235 e. The quantitative estimate of drug-likeness (QED) is 0.564. The van der Waals surface area contributed by atoms with Gasteiger partial charge in [0.15, 0.2) is 5.78 Å². The molecule has 1 fully saturated rings. The lowest BCUT2D eigenvalue weighted by atomic mass is 9.54. The number of allylic oxidation sites excluding steroid dienone is 4. The molecule has 3 aliphatic rings. The summed E-state index contributed by atoms with van der Waals surface area (Å²) in [4.78, 5) is 39.2. The van der Waals surface area contributed by atoms with Crippen LogP contribution >= 0.6 is 0 Å². The average Bonchev–Trinajstić information content (AvgIpc) is 2.91. The van der Waals surface area contributed by atoms with E-state index in [1.807, 2.05) is 12.2 Å². The number of nitrogens with one attached hydrogen (secondary N) is 1. The van der Waals surface area contributed by atoms with E-state index in [9.17, 15) is 19.5 Å². The summed E-state index contributed by atoms with van der Waals surface area (Å²) in [5.74, 6) is -0.551. The molecule has 154 valence electrons. The molecule has 0 aromatic carbocycles. The Bertz CT molecular complexity index is 722. The standard InChI is InChI=1S/C23H33NO4/c1-13(2)11-17-21-15(4)14(3)12-16-7-5-6-8-18(25)19(26)9-10-20(27)23(16,21)22(28)24-17/h5,7,12-13,15-18,21,25H,6,8-11H2,1-4H3,(H,24,28)/b7-5+/t15-,16+,17+,18-,21+,23-/m1/s1. The normalized spacial score (nSPS) is 40.3. The molecule has 2 aliphatic carbocycles. The predicted octanol–water partition coefficient (Wildman–Crippen LogP) is 2.98. The van der Waals surface area contributed by atoms with E-state index in [1.165, 1.54) is 5.57 Å². The molecule has 0 aromatic heterocycles. The zero-order chi connectivity index (χ0) is 20.6. The third-order valence-corrected chi connectivity index (χ3v) is 6.98. The lowest BCUT2D eigenvalue weighted by molar-refractivity contribution is -0.146. The van der Waals surface area contributed by atoms with Crippen molar-refractivity contribution in [2.24, 2.45) is 29.1 Å². The number of amides is 1. The molecular formula is C23H33NO4. The highest BCUT2D eigenvalue weighted by Crippen LogP contribution is 2.55. The van der Waals surface area contributed by atoms with Crippen molar-refractivity contribution in [3.8, 4) is 0 Å². The van der Waals surface area contributed by atoms with E-state index in [-0.39, 0.29) is 54.1 Å². The van der Waals surface area contributed by atoms with E-state index in [1.54, 1.807) is 0 Å². The molecule has 1 amide bonds. The molecule has 6 atom stereocenters. The van der Waals surface area contributed by atoms with Crippen LogP contribution in [0.25, 0.3) is 0 Å². The third-order valence-electron chi connectivity index (χ3n) is 6.98. The minimum Gasteiger partial charge on any atom is -0.385 e. The number of hydrogen-bond donors (Lipinski definition) is 2. The molecule has 1 saturated heterocycles. The van der Waals surface area contributed by atoms with Gasteiger partial charge in [-0.1, -0.05) is 44.6 Å². The number of Topliss-reactive ketones (excluding diaryl/α,β-unsaturated/α-hetero) is 2. The molecule has 0 saturated carbocycles. The van der Waals surface area contributed by atoms with Gasteiger partial charge in [0.2, 0.25) is 5.91 Å². The van der Waals surface area contributed by atoms with Gasteiger partial charge in [0, 0.05) is 30.7 Å². The second-order valence-electron chi connectivity index (χ2n) is 9.24. The van der Waals surface area contributed by atoms with Crippen LogP contribution in [0.15, 0.2) is 23.8 Å². The molecule has 1 heterocycles. The highest BCUT2D eigenvalue weighted by molar-refractivity contribution is 6.10. The summed E-state index contributed by atoms with van der Waals surface area (Å²) in [5.41, 5.74) is 0.0594. The van der Waals surface area contributed by atoms with Crippen molar-refractivity contribution in [2.45, 2.75) is 71.9 Å². The first-order chi connectivity index (χ1) is 13.2. The van der Waals surface area contributed by atoms with Crippen LogP contribution in [0.1, 0.15) is 59.8 Å². The van der Waals surface area contributed by atoms with Gasteiger partial charge in [-0.3, -0.25) is 14.4 Å². The molecule has 2 N–H and O–H groups in total. The fourth-order valence-electron chi connectivity index (χ4n) is 5.50. The molecule has 1 spiro atoms. The largest absolute Gasteiger partial charge is 0.385 e. The number of hydrogen-bond acceptors (Lipinski definition) is 4. The molecule has 28 heavy (non-hydrogen) atoms. The molecule has 0 bridgehead atoms. The second-order valence-corrected chi connectivity index (χ2v) is 9.24. The minimum atomic E-state index is -1.15. The summed E-state index contributed by atoms with van der Waals surface area (Å²) in [5, 5.41) is 13.2. The molecule has 5 heteroatoms. The van der Waals surface area contributed by atoms with Crippen molar-refractivity contribution in [2.75, 3.05) is 0 Å². The maximum atomic E-state index is 13.6. The molecule has 1 aliphatic heterocycles. The van der Waals surface area contributed by atoms with Gasteiger partial charge >= 0.3 is 0 Å². The van der Waals surface area contributed by atoms with Crippen molar-refractivity contribution in [1.29, 1.82) is 0 Å². The number of aliphatic hydroxyl groups excluding tert-OH is 1. The fraction of sp³-hybridized carbons (Fsp3) is 0.696. The van der Waals surface area contributed by atoms with Gasteiger partial charge in [-0.15, -0.1) is 0 Å². The second kappa shape index (κ2) is 7.94. The molecular weight excluding hydrogens is 354 g/mol. The van der Waals surface area contributed by atoms with Crippen LogP contribution in [0.5, 0.6) is 0 Å². The SMILES string of the molecule is CC1=C[C@@H]2/C=C/CC[C@@H](O)C(=O)CCC(=O)[C@]23C(=O)N[C@@H](CC(C)C)[C@@H]3[C@@H]1C. The number of ketones is 2. The Hall–Kier alpha value is -1.75. The number of rotatable bonds is 2. The van der Waals surface area contributed by atoms with Crippen LogP contribution in [0.2, 0.25) is 0 Å². The average molecular weight is 388 g/mol. The highest BCUT2D eigenvalue weighted by atomic mass is 16.3. The van der Waals surface area contributed by atoms with Crippen molar-refractivity contribution in [3.05, 3.63) is 23.8 Å².